The Labute approximate surface area is 120 Å². The number of allylic oxidation sites excluding steroid dienone is 4. The molecule has 0 bridgehead atoms. The van der Waals surface area contributed by atoms with Crippen LogP contribution in [-0.4, -0.2) is 0 Å². The molecule has 0 N–H and O–H groups in total. The van der Waals surface area contributed by atoms with Crippen molar-refractivity contribution in [3.8, 4) is 0 Å². The molecule has 0 amide bonds. The zero-order valence-electron chi connectivity index (χ0n) is 10.4. The molecule has 1 heteroatoms. The second kappa shape index (κ2) is 4.21. The largest absolute Gasteiger partial charge is 0.0836 e. The Hall–Kier alpha value is -1.60. The van der Waals surface area contributed by atoms with Gasteiger partial charge < -0.3 is 0 Å². The molecule has 0 saturated carbocycles. The van der Waals surface area contributed by atoms with E-state index in [1.54, 1.807) is 0 Å². The van der Waals surface area contributed by atoms with Crippen LogP contribution < -0.4 is 10.4 Å². The molecule has 1 unspecified atom stereocenters. The molecule has 0 spiro atoms. The van der Waals surface area contributed by atoms with Crippen LogP contribution in [0.3, 0.4) is 0 Å². The van der Waals surface area contributed by atoms with Gasteiger partial charge in [0.2, 0.25) is 0 Å². The number of hydrogen-bond acceptors (Lipinski definition) is 0. The first-order chi connectivity index (χ1) is 9.33. The number of benzene rings is 2. The van der Waals surface area contributed by atoms with Crippen LogP contribution in [0.2, 0.25) is 0 Å². The Balaban J connectivity index is 2.14. The Kier molecular flexibility index (Phi) is 2.49. The van der Waals surface area contributed by atoms with Crippen molar-refractivity contribution < 1.29 is 0 Å². The highest BCUT2D eigenvalue weighted by Gasteiger charge is 2.14. The zero-order valence-corrected chi connectivity index (χ0v) is 12.0. The third-order valence-corrected chi connectivity index (χ3v) is 4.71. The third kappa shape index (κ3) is 1.73. The van der Waals surface area contributed by atoms with Gasteiger partial charge in [0.05, 0.1) is 0 Å². The molecule has 0 fully saturated rings. The standard InChI is InChI=1S/C18H13Br/c19-18-7-3-6-15-16(18)9-8-14-10-12-4-1-2-5-13(12)11-17(14)15/h1-4,6-11,13H,5H2. The topological polar surface area (TPSA) is 0 Å². The molecule has 4 rings (SSSR count). The van der Waals surface area contributed by atoms with Crippen molar-refractivity contribution in [2.75, 3.05) is 0 Å². The maximum atomic E-state index is 3.65. The van der Waals surface area contributed by atoms with Gasteiger partial charge in [-0.05, 0) is 39.3 Å². The number of fused-ring (bicyclic) bond motifs is 4. The first kappa shape index (κ1) is 11.2. The monoisotopic (exact) mass is 308 g/mol. The van der Waals surface area contributed by atoms with Gasteiger partial charge in [0.15, 0.2) is 0 Å². The average Bonchev–Trinajstić information content (AvgIpc) is 2.45. The Morgan fingerprint density at radius 2 is 2.00 bits per heavy atom. The summed E-state index contributed by atoms with van der Waals surface area (Å²) in [6.45, 7) is 0. The fourth-order valence-electron chi connectivity index (χ4n) is 3.04. The minimum absolute atomic E-state index is 0.544. The maximum absolute atomic E-state index is 3.65. The van der Waals surface area contributed by atoms with E-state index in [4.69, 9.17) is 0 Å². The molecule has 0 nitrogen and oxygen atoms in total. The molecule has 2 aromatic carbocycles. The first-order valence-corrected chi connectivity index (χ1v) is 7.40. The lowest BCUT2D eigenvalue weighted by Crippen LogP contribution is -2.30. The lowest BCUT2D eigenvalue weighted by atomic mass is 9.85. The van der Waals surface area contributed by atoms with Gasteiger partial charge >= 0.3 is 0 Å². The molecule has 0 heterocycles. The number of halogens is 1. The van der Waals surface area contributed by atoms with E-state index in [-0.39, 0.29) is 0 Å². The zero-order chi connectivity index (χ0) is 12.8. The van der Waals surface area contributed by atoms with Crippen LogP contribution in [0.1, 0.15) is 6.42 Å². The van der Waals surface area contributed by atoms with Crippen molar-refractivity contribution in [2.45, 2.75) is 6.42 Å². The molecule has 2 aromatic rings. The summed E-state index contributed by atoms with van der Waals surface area (Å²) in [6, 6.07) is 10.9. The molecule has 2 aliphatic carbocycles. The SMILES string of the molecule is Brc1cccc2c3c(ccc12)=CC1=CC=CCC1C=3. The van der Waals surface area contributed by atoms with Crippen LogP contribution in [0.25, 0.3) is 22.9 Å². The number of rotatable bonds is 0. The summed E-state index contributed by atoms with van der Waals surface area (Å²) in [7, 11) is 0. The quantitative estimate of drug-likeness (QED) is 0.696. The molecule has 0 aromatic heterocycles. The molecule has 0 radical (unpaired) electrons. The van der Waals surface area contributed by atoms with Crippen molar-refractivity contribution in [3.05, 3.63) is 69.0 Å². The van der Waals surface area contributed by atoms with Gasteiger partial charge in [-0.1, -0.05) is 70.6 Å². The predicted molar refractivity (Wildman–Crippen MR) is 85.2 cm³/mol. The molecular formula is C18H13Br. The molecular weight excluding hydrogens is 296 g/mol. The molecule has 0 saturated heterocycles. The van der Waals surface area contributed by atoms with Crippen LogP contribution in [0, 0.1) is 5.92 Å². The van der Waals surface area contributed by atoms with Crippen molar-refractivity contribution in [1.29, 1.82) is 0 Å². The van der Waals surface area contributed by atoms with Crippen LogP contribution in [0.15, 0.2) is 58.6 Å². The van der Waals surface area contributed by atoms with Gasteiger partial charge in [-0.3, -0.25) is 0 Å². The van der Waals surface area contributed by atoms with E-state index in [0.29, 0.717) is 5.92 Å². The summed E-state index contributed by atoms with van der Waals surface area (Å²) in [6.07, 6.45) is 12.5. The van der Waals surface area contributed by atoms with Crippen LogP contribution in [-0.2, 0) is 0 Å². The summed E-state index contributed by atoms with van der Waals surface area (Å²) in [5.41, 5.74) is 1.43. The third-order valence-electron chi connectivity index (χ3n) is 4.02. The summed E-state index contributed by atoms with van der Waals surface area (Å²) in [5, 5.41) is 5.36. The molecule has 19 heavy (non-hydrogen) atoms. The summed E-state index contributed by atoms with van der Waals surface area (Å²) in [4.78, 5) is 0. The van der Waals surface area contributed by atoms with Crippen LogP contribution in [0.4, 0.5) is 0 Å². The predicted octanol–water partition coefficient (Wildman–Crippen LogP) is 3.68. The molecule has 92 valence electrons. The van der Waals surface area contributed by atoms with Crippen molar-refractivity contribution in [3.63, 3.8) is 0 Å². The highest BCUT2D eigenvalue weighted by Crippen LogP contribution is 2.26. The molecule has 2 aliphatic rings. The van der Waals surface area contributed by atoms with Crippen molar-refractivity contribution >= 4 is 38.9 Å². The Bertz CT molecular complexity index is 853. The summed E-state index contributed by atoms with van der Waals surface area (Å²) < 4.78 is 1.17. The van der Waals surface area contributed by atoms with Crippen LogP contribution in [0.5, 0.6) is 0 Å². The Morgan fingerprint density at radius 1 is 1.05 bits per heavy atom. The van der Waals surface area contributed by atoms with E-state index in [1.165, 1.54) is 31.3 Å². The summed E-state index contributed by atoms with van der Waals surface area (Å²) >= 11 is 3.65. The van der Waals surface area contributed by atoms with E-state index in [9.17, 15) is 0 Å². The summed E-state index contributed by atoms with van der Waals surface area (Å²) in [5.74, 6) is 0.544. The maximum Gasteiger partial charge on any atom is 0.0253 e. The molecule has 1 atom stereocenters. The van der Waals surface area contributed by atoms with Crippen LogP contribution >= 0.6 is 15.9 Å². The minimum atomic E-state index is 0.544. The lowest BCUT2D eigenvalue weighted by Gasteiger charge is -2.19. The van der Waals surface area contributed by atoms with E-state index in [1.807, 2.05) is 0 Å². The fraction of sp³-hybridized carbons (Fsp3) is 0.111. The van der Waals surface area contributed by atoms with E-state index in [2.05, 4.69) is 76.6 Å². The average molecular weight is 309 g/mol. The van der Waals surface area contributed by atoms with E-state index >= 15 is 0 Å². The van der Waals surface area contributed by atoms with E-state index < -0.39 is 0 Å². The Morgan fingerprint density at radius 3 is 2.95 bits per heavy atom. The lowest BCUT2D eigenvalue weighted by molar-refractivity contribution is 0.831. The molecule has 0 aliphatic heterocycles. The minimum Gasteiger partial charge on any atom is -0.0836 e. The normalized spacial score (nSPS) is 20.1. The van der Waals surface area contributed by atoms with E-state index in [0.717, 1.165) is 6.42 Å². The van der Waals surface area contributed by atoms with Gasteiger partial charge in [0.25, 0.3) is 0 Å². The first-order valence-electron chi connectivity index (χ1n) is 6.60. The highest BCUT2D eigenvalue weighted by atomic mass is 79.9. The second-order valence-corrected chi connectivity index (χ2v) is 6.01. The smallest absolute Gasteiger partial charge is 0.0253 e. The van der Waals surface area contributed by atoms with Gasteiger partial charge in [-0.15, -0.1) is 0 Å². The van der Waals surface area contributed by atoms with Gasteiger partial charge in [0, 0.05) is 10.4 Å². The number of hydrogen-bond donors (Lipinski definition) is 0. The van der Waals surface area contributed by atoms with Crippen molar-refractivity contribution in [1.82, 2.24) is 0 Å². The second-order valence-electron chi connectivity index (χ2n) is 5.15. The van der Waals surface area contributed by atoms with Crippen molar-refractivity contribution in [2.24, 2.45) is 5.92 Å². The van der Waals surface area contributed by atoms with Gasteiger partial charge in [-0.25, -0.2) is 0 Å². The fourth-order valence-corrected chi connectivity index (χ4v) is 3.53. The van der Waals surface area contributed by atoms with Gasteiger partial charge in [-0.2, -0.15) is 0 Å². The highest BCUT2D eigenvalue weighted by molar-refractivity contribution is 9.10. The van der Waals surface area contributed by atoms with Gasteiger partial charge in [0.1, 0.15) is 0 Å².